The van der Waals surface area contributed by atoms with E-state index in [1.54, 1.807) is 12.1 Å². The normalized spacial score (nSPS) is 11.0. The standard InChI is InChI=1S/C21H20F3NO4/c1-2-3-14-4-6-15(7-5-14)18(26)13-29-19(27)12-25-20(28)16-8-10-17(11-9-16)21(22,23)24/h4-11H,2-3,12-13H2,1H3,(H,25,28). The van der Waals surface area contributed by atoms with E-state index >= 15 is 0 Å². The molecule has 0 bridgehead atoms. The van der Waals surface area contributed by atoms with Crippen LogP contribution >= 0.6 is 0 Å². The van der Waals surface area contributed by atoms with Gasteiger partial charge in [-0.15, -0.1) is 0 Å². The fraction of sp³-hybridized carbons (Fsp3) is 0.286. The lowest BCUT2D eigenvalue weighted by Crippen LogP contribution is -2.31. The van der Waals surface area contributed by atoms with Gasteiger partial charge in [0.1, 0.15) is 6.54 Å². The van der Waals surface area contributed by atoms with Crippen molar-refractivity contribution in [2.75, 3.05) is 13.2 Å². The molecule has 0 atom stereocenters. The van der Waals surface area contributed by atoms with Crippen molar-refractivity contribution in [3.05, 3.63) is 70.8 Å². The molecule has 0 aliphatic carbocycles. The number of benzene rings is 2. The summed E-state index contributed by atoms with van der Waals surface area (Å²) in [5.41, 5.74) is 0.599. The van der Waals surface area contributed by atoms with Crippen molar-refractivity contribution in [3.8, 4) is 0 Å². The van der Waals surface area contributed by atoms with Crippen LogP contribution in [0, 0.1) is 0 Å². The summed E-state index contributed by atoms with van der Waals surface area (Å²) in [6.45, 7) is 1.07. The Bertz CT molecular complexity index is 859. The van der Waals surface area contributed by atoms with Crippen LogP contribution in [0.15, 0.2) is 48.5 Å². The predicted molar refractivity (Wildman–Crippen MR) is 99.5 cm³/mol. The zero-order valence-corrected chi connectivity index (χ0v) is 15.7. The van der Waals surface area contributed by atoms with Crippen LogP contribution in [0.25, 0.3) is 0 Å². The van der Waals surface area contributed by atoms with E-state index in [-0.39, 0.29) is 11.3 Å². The first-order chi connectivity index (χ1) is 13.7. The summed E-state index contributed by atoms with van der Waals surface area (Å²) in [6, 6.07) is 10.6. The number of rotatable bonds is 8. The Labute approximate surface area is 165 Å². The molecule has 154 valence electrons. The van der Waals surface area contributed by atoms with E-state index in [0.29, 0.717) is 5.56 Å². The second-order valence-corrected chi connectivity index (χ2v) is 6.29. The molecule has 0 heterocycles. The van der Waals surface area contributed by atoms with Crippen LogP contribution in [0.1, 0.15) is 45.2 Å². The van der Waals surface area contributed by atoms with Crippen LogP contribution < -0.4 is 5.32 Å². The van der Waals surface area contributed by atoms with Crippen LogP contribution in [-0.4, -0.2) is 30.8 Å². The van der Waals surface area contributed by atoms with Gasteiger partial charge in [0.2, 0.25) is 0 Å². The highest BCUT2D eigenvalue weighted by Crippen LogP contribution is 2.29. The van der Waals surface area contributed by atoms with Gasteiger partial charge in [0.25, 0.3) is 5.91 Å². The monoisotopic (exact) mass is 407 g/mol. The van der Waals surface area contributed by atoms with Crippen molar-refractivity contribution in [2.45, 2.75) is 25.9 Å². The predicted octanol–water partition coefficient (Wildman–Crippen LogP) is 3.81. The van der Waals surface area contributed by atoms with Crippen molar-refractivity contribution >= 4 is 17.7 Å². The molecule has 2 aromatic rings. The molecule has 0 aromatic heterocycles. The van der Waals surface area contributed by atoms with E-state index in [2.05, 4.69) is 12.2 Å². The topological polar surface area (TPSA) is 72.5 Å². The van der Waals surface area contributed by atoms with E-state index in [1.807, 2.05) is 12.1 Å². The number of halogens is 3. The second-order valence-electron chi connectivity index (χ2n) is 6.29. The Morgan fingerprint density at radius 1 is 0.931 bits per heavy atom. The lowest BCUT2D eigenvalue weighted by atomic mass is 10.1. The van der Waals surface area contributed by atoms with E-state index < -0.39 is 36.8 Å². The van der Waals surface area contributed by atoms with Gasteiger partial charge in [-0.3, -0.25) is 14.4 Å². The number of carbonyl (C=O) groups excluding carboxylic acids is 3. The van der Waals surface area contributed by atoms with Crippen LogP contribution in [0.3, 0.4) is 0 Å². The summed E-state index contributed by atoms with van der Waals surface area (Å²) in [6.07, 6.45) is -2.60. The average molecular weight is 407 g/mol. The smallest absolute Gasteiger partial charge is 0.416 e. The first-order valence-electron chi connectivity index (χ1n) is 8.94. The molecule has 0 aliphatic heterocycles. The molecule has 1 amide bonds. The molecule has 0 unspecified atom stereocenters. The van der Waals surface area contributed by atoms with Crippen LogP contribution in [0.2, 0.25) is 0 Å². The molecule has 2 aromatic carbocycles. The van der Waals surface area contributed by atoms with Crippen molar-refractivity contribution in [2.24, 2.45) is 0 Å². The Hall–Kier alpha value is -3.16. The quantitative estimate of drug-likeness (QED) is 0.534. The van der Waals surface area contributed by atoms with Gasteiger partial charge in [-0.25, -0.2) is 0 Å². The van der Waals surface area contributed by atoms with Crippen molar-refractivity contribution < 1.29 is 32.3 Å². The van der Waals surface area contributed by atoms with E-state index in [0.717, 1.165) is 42.7 Å². The van der Waals surface area contributed by atoms with Gasteiger partial charge in [-0.2, -0.15) is 13.2 Å². The highest BCUT2D eigenvalue weighted by Gasteiger charge is 2.30. The highest BCUT2D eigenvalue weighted by atomic mass is 19.4. The highest BCUT2D eigenvalue weighted by molar-refractivity contribution is 5.98. The molecule has 29 heavy (non-hydrogen) atoms. The van der Waals surface area contributed by atoms with Gasteiger partial charge >= 0.3 is 12.1 Å². The molecule has 0 radical (unpaired) electrons. The minimum absolute atomic E-state index is 0.0333. The molecule has 1 N–H and O–H groups in total. The number of ether oxygens (including phenoxy) is 1. The number of ketones is 1. The largest absolute Gasteiger partial charge is 0.456 e. The molecular formula is C21H20F3NO4. The van der Waals surface area contributed by atoms with Gasteiger partial charge in [0.15, 0.2) is 12.4 Å². The summed E-state index contributed by atoms with van der Waals surface area (Å²) in [4.78, 5) is 35.6. The molecule has 0 spiro atoms. The Kier molecular flexibility index (Phi) is 7.52. The molecule has 0 saturated carbocycles. The number of esters is 1. The number of hydrogen-bond donors (Lipinski definition) is 1. The molecule has 2 rings (SSSR count). The van der Waals surface area contributed by atoms with Crippen molar-refractivity contribution in [1.29, 1.82) is 0 Å². The summed E-state index contributed by atoms with van der Waals surface area (Å²) >= 11 is 0. The third-order valence-electron chi connectivity index (χ3n) is 4.05. The lowest BCUT2D eigenvalue weighted by molar-refractivity contribution is -0.141. The van der Waals surface area contributed by atoms with Crippen LogP contribution in [0.5, 0.6) is 0 Å². The van der Waals surface area contributed by atoms with Crippen LogP contribution in [0.4, 0.5) is 13.2 Å². The first kappa shape index (κ1) is 22.1. The molecular weight excluding hydrogens is 387 g/mol. The van der Waals surface area contributed by atoms with Crippen molar-refractivity contribution in [1.82, 2.24) is 5.32 Å². The van der Waals surface area contributed by atoms with E-state index in [4.69, 9.17) is 4.74 Å². The third-order valence-corrected chi connectivity index (χ3v) is 4.05. The van der Waals surface area contributed by atoms with Gasteiger partial charge < -0.3 is 10.1 Å². The lowest BCUT2D eigenvalue weighted by Gasteiger charge is -2.08. The summed E-state index contributed by atoms with van der Waals surface area (Å²) in [5.74, 6) is -1.94. The summed E-state index contributed by atoms with van der Waals surface area (Å²) < 4.78 is 42.4. The number of alkyl halides is 3. The zero-order chi connectivity index (χ0) is 21.4. The SMILES string of the molecule is CCCc1ccc(C(=O)COC(=O)CNC(=O)c2ccc(C(F)(F)F)cc2)cc1. The molecule has 0 aliphatic rings. The van der Waals surface area contributed by atoms with Crippen LogP contribution in [-0.2, 0) is 22.1 Å². The minimum Gasteiger partial charge on any atom is -0.456 e. The number of Topliss-reactive ketones (excluding diaryl/α,β-unsaturated/α-hetero) is 1. The summed E-state index contributed by atoms with van der Waals surface area (Å²) in [5, 5.41) is 2.24. The maximum absolute atomic E-state index is 12.5. The van der Waals surface area contributed by atoms with Gasteiger partial charge in [0, 0.05) is 11.1 Å². The van der Waals surface area contributed by atoms with Gasteiger partial charge in [0.05, 0.1) is 5.56 Å². The Morgan fingerprint density at radius 2 is 1.52 bits per heavy atom. The average Bonchev–Trinajstić information content (AvgIpc) is 2.70. The Balaban J connectivity index is 1.79. The molecule has 8 heteroatoms. The second kappa shape index (κ2) is 9.86. The number of nitrogens with one attached hydrogen (secondary N) is 1. The summed E-state index contributed by atoms with van der Waals surface area (Å²) in [7, 11) is 0. The minimum atomic E-state index is -4.50. The number of aryl methyl sites for hydroxylation is 1. The fourth-order valence-corrected chi connectivity index (χ4v) is 2.49. The maximum Gasteiger partial charge on any atom is 0.416 e. The fourth-order valence-electron chi connectivity index (χ4n) is 2.49. The first-order valence-corrected chi connectivity index (χ1v) is 8.94. The zero-order valence-electron chi connectivity index (χ0n) is 15.7. The molecule has 5 nitrogen and oxygen atoms in total. The van der Waals surface area contributed by atoms with E-state index in [1.165, 1.54) is 0 Å². The van der Waals surface area contributed by atoms with E-state index in [9.17, 15) is 27.6 Å². The maximum atomic E-state index is 12.5. The number of hydrogen-bond acceptors (Lipinski definition) is 4. The molecule has 0 fully saturated rings. The number of carbonyl (C=O) groups is 3. The molecule has 0 saturated heterocycles. The van der Waals surface area contributed by atoms with Gasteiger partial charge in [-0.1, -0.05) is 37.6 Å². The van der Waals surface area contributed by atoms with Crippen molar-refractivity contribution in [3.63, 3.8) is 0 Å². The van der Waals surface area contributed by atoms with Gasteiger partial charge in [-0.05, 0) is 36.2 Å². The third kappa shape index (κ3) is 6.74. The Morgan fingerprint density at radius 3 is 2.07 bits per heavy atom. The number of amides is 1.